The van der Waals surface area contributed by atoms with E-state index in [1.807, 2.05) is 31.2 Å². The Hall–Kier alpha value is -2.37. The van der Waals surface area contributed by atoms with E-state index in [0.29, 0.717) is 30.6 Å². The number of nitrogens with zero attached hydrogens (tertiary/aromatic N) is 3. The minimum Gasteiger partial charge on any atom is -0.464 e. The largest absolute Gasteiger partial charge is 0.464 e. The van der Waals surface area contributed by atoms with Crippen LogP contribution in [0.15, 0.2) is 24.3 Å². The average Bonchev–Trinajstić information content (AvgIpc) is 2.58. The third-order valence-electron chi connectivity index (χ3n) is 4.13. The van der Waals surface area contributed by atoms with Gasteiger partial charge in [0.1, 0.15) is 0 Å². The Morgan fingerprint density at radius 1 is 1.00 bits per heavy atom. The van der Waals surface area contributed by atoms with Gasteiger partial charge in [-0.2, -0.15) is 15.0 Å². The standard InChI is InChI=1S/C18H25N5O/c1-3-24-18-22-16(19-14-7-5-4-6-8-14)21-17(23-18)20-15-11-9-13(2)10-12-15/h9-12,14H,3-8H2,1-2H3,(H2,19,20,21,22,23). The molecule has 0 saturated heterocycles. The fraction of sp³-hybridized carbons (Fsp3) is 0.500. The molecule has 2 N–H and O–H groups in total. The van der Waals surface area contributed by atoms with E-state index in [9.17, 15) is 0 Å². The maximum atomic E-state index is 5.49. The van der Waals surface area contributed by atoms with Crippen LogP contribution in [-0.2, 0) is 0 Å². The lowest BCUT2D eigenvalue weighted by Gasteiger charge is -2.22. The summed E-state index contributed by atoms with van der Waals surface area (Å²) in [6, 6.07) is 8.90. The molecule has 0 aliphatic heterocycles. The molecule has 0 bridgehead atoms. The maximum Gasteiger partial charge on any atom is 0.323 e. The normalized spacial score (nSPS) is 15.1. The fourth-order valence-corrected chi connectivity index (χ4v) is 2.87. The van der Waals surface area contributed by atoms with Crippen LogP contribution in [0.2, 0.25) is 0 Å². The summed E-state index contributed by atoms with van der Waals surface area (Å²) in [7, 11) is 0. The summed E-state index contributed by atoms with van der Waals surface area (Å²) in [5.74, 6) is 1.07. The fourth-order valence-electron chi connectivity index (χ4n) is 2.87. The lowest BCUT2D eigenvalue weighted by Crippen LogP contribution is -2.24. The summed E-state index contributed by atoms with van der Waals surface area (Å²) in [6.07, 6.45) is 6.16. The molecule has 0 amide bonds. The Labute approximate surface area is 143 Å². The first-order chi connectivity index (χ1) is 11.7. The van der Waals surface area contributed by atoms with E-state index < -0.39 is 0 Å². The molecule has 1 fully saturated rings. The number of rotatable bonds is 6. The second-order valence-electron chi connectivity index (χ2n) is 6.17. The Balaban J connectivity index is 1.77. The molecule has 1 aromatic heterocycles. The lowest BCUT2D eigenvalue weighted by atomic mass is 9.96. The number of hydrogen-bond acceptors (Lipinski definition) is 6. The molecule has 3 rings (SSSR count). The van der Waals surface area contributed by atoms with E-state index in [1.54, 1.807) is 0 Å². The van der Waals surface area contributed by atoms with E-state index in [4.69, 9.17) is 4.74 Å². The van der Waals surface area contributed by atoms with Crippen LogP contribution in [0.1, 0.15) is 44.6 Å². The number of aryl methyl sites for hydroxylation is 1. The highest BCUT2D eigenvalue weighted by atomic mass is 16.5. The molecule has 0 unspecified atom stereocenters. The molecule has 6 heteroatoms. The van der Waals surface area contributed by atoms with Crippen molar-refractivity contribution in [1.29, 1.82) is 0 Å². The van der Waals surface area contributed by atoms with Gasteiger partial charge in [-0.3, -0.25) is 0 Å². The topological polar surface area (TPSA) is 72.0 Å². The molecule has 128 valence electrons. The first-order valence-electron chi connectivity index (χ1n) is 8.72. The lowest BCUT2D eigenvalue weighted by molar-refractivity contribution is 0.312. The van der Waals surface area contributed by atoms with Crippen LogP contribution in [0.4, 0.5) is 17.6 Å². The van der Waals surface area contributed by atoms with Gasteiger partial charge in [0, 0.05) is 11.7 Å². The number of aromatic nitrogens is 3. The molecule has 1 aliphatic carbocycles. The van der Waals surface area contributed by atoms with Crippen molar-refractivity contribution in [2.75, 3.05) is 17.2 Å². The zero-order chi connectivity index (χ0) is 16.8. The SMILES string of the molecule is CCOc1nc(Nc2ccc(C)cc2)nc(NC2CCCCC2)n1. The molecule has 0 atom stereocenters. The maximum absolute atomic E-state index is 5.49. The van der Waals surface area contributed by atoms with Crippen molar-refractivity contribution < 1.29 is 4.74 Å². The summed E-state index contributed by atoms with van der Waals surface area (Å²) in [4.78, 5) is 13.2. The molecule has 24 heavy (non-hydrogen) atoms. The third kappa shape index (κ3) is 4.57. The molecule has 0 radical (unpaired) electrons. The highest BCUT2D eigenvalue weighted by Crippen LogP contribution is 2.22. The predicted octanol–water partition coefficient (Wildman–Crippen LogP) is 4.07. The first-order valence-corrected chi connectivity index (χ1v) is 8.72. The predicted molar refractivity (Wildman–Crippen MR) is 96.0 cm³/mol. The summed E-state index contributed by atoms with van der Waals surface area (Å²) in [5.41, 5.74) is 2.16. The Kier molecular flexibility index (Phi) is 5.46. The number of anilines is 3. The molecule has 1 aromatic carbocycles. The zero-order valence-corrected chi connectivity index (χ0v) is 14.4. The summed E-state index contributed by atoms with van der Waals surface area (Å²) < 4.78 is 5.49. The summed E-state index contributed by atoms with van der Waals surface area (Å²) >= 11 is 0. The van der Waals surface area contributed by atoms with Crippen LogP contribution >= 0.6 is 0 Å². The second-order valence-corrected chi connectivity index (χ2v) is 6.17. The van der Waals surface area contributed by atoms with E-state index >= 15 is 0 Å². The van der Waals surface area contributed by atoms with Gasteiger partial charge in [-0.1, -0.05) is 37.0 Å². The van der Waals surface area contributed by atoms with Crippen molar-refractivity contribution in [2.24, 2.45) is 0 Å². The number of ether oxygens (including phenoxy) is 1. The minimum absolute atomic E-state index is 0.348. The van der Waals surface area contributed by atoms with Crippen molar-refractivity contribution in [3.8, 4) is 6.01 Å². The first kappa shape index (κ1) is 16.5. The van der Waals surface area contributed by atoms with Crippen LogP contribution in [-0.4, -0.2) is 27.6 Å². The van der Waals surface area contributed by atoms with Crippen LogP contribution in [0.25, 0.3) is 0 Å². The minimum atomic E-state index is 0.348. The number of hydrogen-bond donors (Lipinski definition) is 2. The van der Waals surface area contributed by atoms with Crippen molar-refractivity contribution in [3.05, 3.63) is 29.8 Å². The van der Waals surface area contributed by atoms with Crippen LogP contribution in [0, 0.1) is 6.92 Å². The molecular formula is C18H25N5O. The van der Waals surface area contributed by atoms with E-state index in [-0.39, 0.29) is 0 Å². The molecule has 2 aromatic rings. The third-order valence-corrected chi connectivity index (χ3v) is 4.13. The summed E-state index contributed by atoms with van der Waals surface area (Å²) in [5, 5.41) is 6.66. The number of benzene rings is 1. The van der Waals surface area contributed by atoms with Crippen LogP contribution in [0.3, 0.4) is 0 Å². The zero-order valence-electron chi connectivity index (χ0n) is 14.4. The van der Waals surface area contributed by atoms with Crippen molar-refractivity contribution >= 4 is 17.6 Å². The van der Waals surface area contributed by atoms with Gasteiger partial charge < -0.3 is 15.4 Å². The van der Waals surface area contributed by atoms with Gasteiger partial charge in [0.2, 0.25) is 11.9 Å². The molecular weight excluding hydrogens is 302 g/mol. The van der Waals surface area contributed by atoms with Gasteiger partial charge in [-0.05, 0) is 38.8 Å². The second kappa shape index (κ2) is 7.95. The highest BCUT2D eigenvalue weighted by molar-refractivity contribution is 5.54. The van der Waals surface area contributed by atoms with Gasteiger partial charge in [0.15, 0.2) is 0 Å². The smallest absolute Gasteiger partial charge is 0.323 e. The van der Waals surface area contributed by atoms with Gasteiger partial charge in [-0.25, -0.2) is 0 Å². The Morgan fingerprint density at radius 2 is 1.71 bits per heavy atom. The van der Waals surface area contributed by atoms with Gasteiger partial charge in [-0.15, -0.1) is 0 Å². The van der Waals surface area contributed by atoms with Crippen molar-refractivity contribution in [2.45, 2.75) is 52.0 Å². The van der Waals surface area contributed by atoms with E-state index in [0.717, 1.165) is 18.5 Å². The average molecular weight is 327 g/mol. The van der Waals surface area contributed by atoms with Crippen LogP contribution in [0.5, 0.6) is 6.01 Å². The van der Waals surface area contributed by atoms with Gasteiger partial charge >= 0.3 is 6.01 Å². The van der Waals surface area contributed by atoms with Crippen molar-refractivity contribution in [3.63, 3.8) is 0 Å². The quantitative estimate of drug-likeness (QED) is 0.833. The van der Waals surface area contributed by atoms with Gasteiger partial charge in [0.25, 0.3) is 0 Å². The molecule has 1 saturated carbocycles. The Morgan fingerprint density at radius 3 is 2.42 bits per heavy atom. The molecule has 6 nitrogen and oxygen atoms in total. The Bertz CT molecular complexity index is 653. The number of nitrogens with one attached hydrogen (secondary N) is 2. The monoisotopic (exact) mass is 327 g/mol. The summed E-state index contributed by atoms with van der Waals surface area (Å²) in [6.45, 7) is 4.51. The van der Waals surface area contributed by atoms with E-state index in [2.05, 4.69) is 32.5 Å². The molecule has 1 heterocycles. The van der Waals surface area contributed by atoms with E-state index in [1.165, 1.54) is 24.8 Å². The van der Waals surface area contributed by atoms with Crippen molar-refractivity contribution in [1.82, 2.24) is 15.0 Å². The van der Waals surface area contributed by atoms with Gasteiger partial charge in [0.05, 0.1) is 6.61 Å². The molecule has 1 aliphatic rings. The van der Waals surface area contributed by atoms with Crippen LogP contribution < -0.4 is 15.4 Å². The highest BCUT2D eigenvalue weighted by Gasteiger charge is 2.16. The molecule has 0 spiro atoms.